The number of H-pyrrole nitrogens is 1. The van der Waals surface area contributed by atoms with E-state index >= 15 is 0 Å². The molecule has 0 spiro atoms. The number of piperidine rings is 1. The van der Waals surface area contributed by atoms with Crippen LogP contribution in [0, 0.1) is 11.7 Å². The molecule has 25 heavy (non-hydrogen) atoms. The number of aromatic amines is 1. The number of amides is 1. The first-order valence-electron chi connectivity index (χ1n) is 7.87. The van der Waals surface area contributed by atoms with E-state index in [1.165, 1.54) is 42.5 Å². The number of alkyl halides is 2. The van der Waals surface area contributed by atoms with Gasteiger partial charge in [-0.15, -0.1) is 0 Å². The summed E-state index contributed by atoms with van der Waals surface area (Å²) in [5, 5.41) is 6.60. The van der Waals surface area contributed by atoms with Crippen LogP contribution >= 0.6 is 0 Å². The average Bonchev–Trinajstić information content (AvgIpc) is 3.06. The van der Waals surface area contributed by atoms with Crippen LogP contribution < -0.4 is 0 Å². The summed E-state index contributed by atoms with van der Waals surface area (Å²) in [4.78, 5) is 14.2. The molecule has 3 rings (SSSR count). The van der Waals surface area contributed by atoms with E-state index in [1.54, 1.807) is 0 Å². The molecular formula is C17H18F3N3O2. The molecule has 0 saturated carbocycles. The largest absolute Gasteiger partial charge is 0.384 e. The van der Waals surface area contributed by atoms with Gasteiger partial charge >= 0.3 is 0 Å². The molecule has 1 unspecified atom stereocenters. The molecule has 0 bridgehead atoms. The van der Waals surface area contributed by atoms with Crippen molar-refractivity contribution in [3.63, 3.8) is 0 Å². The molecule has 1 aliphatic heterocycles. The molecule has 1 amide bonds. The van der Waals surface area contributed by atoms with Gasteiger partial charge in [-0.05, 0) is 24.3 Å². The number of hydrogen-bond donors (Lipinski definition) is 1. The zero-order valence-corrected chi connectivity index (χ0v) is 13.6. The van der Waals surface area contributed by atoms with E-state index in [4.69, 9.17) is 4.74 Å². The number of carbonyl (C=O) groups is 1. The lowest BCUT2D eigenvalue weighted by Crippen LogP contribution is -2.50. The second kappa shape index (κ2) is 6.87. The maximum Gasteiger partial charge on any atom is 0.257 e. The number of ether oxygens (including phenoxy) is 1. The van der Waals surface area contributed by atoms with Gasteiger partial charge in [-0.25, -0.2) is 13.2 Å². The van der Waals surface area contributed by atoms with Crippen LogP contribution in [0.25, 0.3) is 11.3 Å². The van der Waals surface area contributed by atoms with E-state index in [-0.39, 0.29) is 31.2 Å². The van der Waals surface area contributed by atoms with Crippen LogP contribution in [0.1, 0.15) is 16.8 Å². The Bertz CT molecular complexity index is 746. The highest BCUT2D eigenvalue weighted by atomic mass is 19.3. The van der Waals surface area contributed by atoms with E-state index in [1.807, 2.05) is 0 Å². The fourth-order valence-electron chi connectivity index (χ4n) is 2.99. The van der Waals surface area contributed by atoms with Crippen molar-refractivity contribution in [3.05, 3.63) is 41.8 Å². The van der Waals surface area contributed by atoms with Crippen molar-refractivity contribution in [2.24, 2.45) is 5.92 Å². The number of benzene rings is 1. The number of rotatable bonds is 4. The first kappa shape index (κ1) is 17.5. The lowest BCUT2D eigenvalue weighted by Gasteiger charge is -2.38. The van der Waals surface area contributed by atoms with Crippen LogP contribution in [-0.4, -0.2) is 53.7 Å². The SMILES string of the molecule is COCC1CN(C(=O)c2cn[nH]c2-c2ccc(F)cc2)CCC1(F)F. The molecule has 5 nitrogen and oxygen atoms in total. The molecule has 1 aromatic carbocycles. The monoisotopic (exact) mass is 353 g/mol. The normalized spacial score (nSPS) is 19.8. The average molecular weight is 353 g/mol. The molecular weight excluding hydrogens is 335 g/mol. The Labute approximate surface area is 142 Å². The molecule has 0 aliphatic carbocycles. The predicted octanol–water partition coefficient (Wildman–Crippen LogP) is 2.96. The summed E-state index contributed by atoms with van der Waals surface area (Å²) in [5.74, 6) is -4.68. The van der Waals surface area contributed by atoms with Crippen molar-refractivity contribution < 1.29 is 22.7 Å². The highest BCUT2D eigenvalue weighted by Crippen LogP contribution is 2.34. The maximum atomic E-state index is 13.9. The second-order valence-electron chi connectivity index (χ2n) is 6.08. The molecule has 2 heterocycles. The molecule has 1 N–H and O–H groups in total. The number of carbonyl (C=O) groups excluding carboxylic acids is 1. The van der Waals surface area contributed by atoms with Crippen LogP contribution in [-0.2, 0) is 4.74 Å². The lowest BCUT2D eigenvalue weighted by atomic mass is 9.93. The van der Waals surface area contributed by atoms with Gasteiger partial charge in [0.15, 0.2) is 0 Å². The minimum absolute atomic E-state index is 0.0416. The molecule has 2 aromatic rings. The Balaban J connectivity index is 1.82. The van der Waals surface area contributed by atoms with Gasteiger partial charge in [-0.2, -0.15) is 5.10 Å². The first-order valence-corrected chi connectivity index (χ1v) is 7.87. The van der Waals surface area contributed by atoms with Crippen LogP contribution in [0.2, 0.25) is 0 Å². The van der Waals surface area contributed by atoms with Crippen LogP contribution in [0.4, 0.5) is 13.2 Å². The third kappa shape index (κ3) is 3.53. The summed E-state index contributed by atoms with van der Waals surface area (Å²) < 4.78 is 45.8. The van der Waals surface area contributed by atoms with E-state index in [9.17, 15) is 18.0 Å². The number of halogens is 3. The molecule has 1 fully saturated rings. The zero-order valence-electron chi connectivity index (χ0n) is 13.6. The number of aromatic nitrogens is 2. The highest BCUT2D eigenvalue weighted by Gasteiger charge is 2.45. The van der Waals surface area contributed by atoms with Crippen molar-refractivity contribution in [3.8, 4) is 11.3 Å². The van der Waals surface area contributed by atoms with Crippen LogP contribution in [0.15, 0.2) is 30.5 Å². The Hall–Kier alpha value is -2.35. The predicted molar refractivity (Wildman–Crippen MR) is 84.8 cm³/mol. The summed E-state index contributed by atoms with van der Waals surface area (Å²) in [6, 6.07) is 5.61. The van der Waals surface area contributed by atoms with E-state index in [2.05, 4.69) is 10.2 Å². The van der Waals surface area contributed by atoms with Crippen molar-refractivity contribution in [2.45, 2.75) is 12.3 Å². The summed E-state index contributed by atoms with van der Waals surface area (Å²) >= 11 is 0. The second-order valence-corrected chi connectivity index (χ2v) is 6.08. The van der Waals surface area contributed by atoms with Gasteiger partial charge in [-0.3, -0.25) is 9.89 Å². The molecule has 1 atom stereocenters. The van der Waals surface area contributed by atoms with Crippen molar-refractivity contribution in [2.75, 3.05) is 26.8 Å². The summed E-state index contributed by atoms with van der Waals surface area (Å²) in [5.41, 5.74) is 1.30. The summed E-state index contributed by atoms with van der Waals surface area (Å²) in [6.45, 7) is -0.249. The number of methoxy groups -OCH3 is 1. The molecule has 1 aliphatic rings. The van der Waals surface area contributed by atoms with Crippen LogP contribution in [0.5, 0.6) is 0 Å². The van der Waals surface area contributed by atoms with Gasteiger partial charge in [0.25, 0.3) is 11.8 Å². The Kier molecular flexibility index (Phi) is 4.80. The third-order valence-corrected chi connectivity index (χ3v) is 4.41. The molecule has 1 saturated heterocycles. The topological polar surface area (TPSA) is 58.2 Å². The Morgan fingerprint density at radius 3 is 2.80 bits per heavy atom. The van der Waals surface area contributed by atoms with E-state index in [0.717, 1.165) is 0 Å². The smallest absolute Gasteiger partial charge is 0.257 e. The fraction of sp³-hybridized carbons (Fsp3) is 0.412. The van der Waals surface area contributed by atoms with Gasteiger partial charge in [0, 0.05) is 32.2 Å². The number of nitrogens with zero attached hydrogens (tertiary/aromatic N) is 2. The van der Waals surface area contributed by atoms with E-state index in [0.29, 0.717) is 11.3 Å². The lowest BCUT2D eigenvalue weighted by molar-refractivity contribution is -0.117. The summed E-state index contributed by atoms with van der Waals surface area (Å²) in [6.07, 6.45) is 0.954. The quantitative estimate of drug-likeness (QED) is 0.919. The van der Waals surface area contributed by atoms with Crippen molar-refractivity contribution in [1.29, 1.82) is 0 Å². The van der Waals surface area contributed by atoms with Gasteiger partial charge in [0.05, 0.1) is 30.0 Å². The van der Waals surface area contributed by atoms with Gasteiger partial charge < -0.3 is 9.64 Å². The van der Waals surface area contributed by atoms with Gasteiger partial charge in [-0.1, -0.05) is 0 Å². The maximum absolute atomic E-state index is 13.9. The molecule has 134 valence electrons. The minimum atomic E-state index is -2.86. The third-order valence-electron chi connectivity index (χ3n) is 4.41. The van der Waals surface area contributed by atoms with Crippen LogP contribution in [0.3, 0.4) is 0 Å². The summed E-state index contributed by atoms with van der Waals surface area (Å²) in [7, 11) is 1.36. The molecule has 8 heteroatoms. The minimum Gasteiger partial charge on any atom is -0.384 e. The first-order chi connectivity index (χ1) is 11.9. The highest BCUT2D eigenvalue weighted by molar-refractivity contribution is 5.99. The number of nitrogens with one attached hydrogen (secondary N) is 1. The Morgan fingerprint density at radius 1 is 1.40 bits per heavy atom. The van der Waals surface area contributed by atoms with Crippen molar-refractivity contribution >= 4 is 5.91 Å². The van der Waals surface area contributed by atoms with E-state index < -0.39 is 24.1 Å². The molecule has 0 radical (unpaired) electrons. The fourth-order valence-corrected chi connectivity index (χ4v) is 2.99. The standard InChI is InChI=1S/C17H18F3N3O2/c1-25-10-12-9-23(7-6-17(12,19)20)16(24)14-8-21-22-15(14)11-2-4-13(18)5-3-11/h2-5,8,12H,6-7,9-10H2,1H3,(H,21,22). The van der Waals surface area contributed by atoms with Crippen molar-refractivity contribution in [1.82, 2.24) is 15.1 Å². The van der Waals surface area contributed by atoms with Gasteiger partial charge in [0.2, 0.25) is 0 Å². The molecule has 1 aromatic heterocycles. The zero-order chi connectivity index (χ0) is 18.0. The number of likely N-dealkylation sites (tertiary alicyclic amines) is 1. The Morgan fingerprint density at radius 2 is 2.12 bits per heavy atom. The number of hydrogen-bond acceptors (Lipinski definition) is 3. The van der Waals surface area contributed by atoms with Gasteiger partial charge in [0.1, 0.15) is 5.82 Å².